The Morgan fingerprint density at radius 1 is 1.25 bits per heavy atom. The van der Waals surface area contributed by atoms with Gasteiger partial charge in [-0.25, -0.2) is 0 Å². The molecule has 0 spiro atoms. The number of aromatic nitrogens is 2. The summed E-state index contributed by atoms with van der Waals surface area (Å²) >= 11 is 1.59. The predicted molar refractivity (Wildman–Crippen MR) is 68.8 cm³/mol. The lowest BCUT2D eigenvalue weighted by atomic mass is 10.1. The highest BCUT2D eigenvalue weighted by Gasteiger charge is 2.06. The lowest BCUT2D eigenvalue weighted by molar-refractivity contribution is 0.888. The van der Waals surface area contributed by atoms with Crippen molar-refractivity contribution < 1.29 is 0 Å². The number of hydrogen-bond acceptors (Lipinski definition) is 4. The van der Waals surface area contributed by atoms with E-state index in [1.807, 2.05) is 6.07 Å². The van der Waals surface area contributed by atoms with E-state index in [4.69, 9.17) is 0 Å². The van der Waals surface area contributed by atoms with Crippen LogP contribution in [0.5, 0.6) is 0 Å². The van der Waals surface area contributed by atoms with E-state index in [9.17, 15) is 0 Å². The average molecular weight is 233 g/mol. The third-order valence-electron chi connectivity index (χ3n) is 2.10. The van der Waals surface area contributed by atoms with Crippen LogP contribution < -0.4 is 5.32 Å². The van der Waals surface area contributed by atoms with Crippen molar-refractivity contribution in [1.29, 1.82) is 0 Å². The first-order valence-electron chi connectivity index (χ1n) is 5.32. The summed E-state index contributed by atoms with van der Waals surface area (Å²) in [5.74, 6) is 0. The Morgan fingerprint density at radius 3 is 2.75 bits per heavy atom. The van der Waals surface area contributed by atoms with Gasteiger partial charge in [0.1, 0.15) is 5.01 Å². The van der Waals surface area contributed by atoms with Crippen LogP contribution in [0.4, 0.5) is 5.13 Å². The largest absolute Gasteiger partial charge is 0.358 e. The third-order valence-corrected chi connectivity index (χ3v) is 3.01. The first-order valence-corrected chi connectivity index (χ1v) is 6.14. The maximum atomic E-state index is 4.19. The molecule has 2 rings (SSSR count). The molecule has 0 saturated heterocycles. The second-order valence-corrected chi connectivity index (χ2v) is 5.06. The van der Waals surface area contributed by atoms with E-state index < -0.39 is 0 Å². The van der Waals surface area contributed by atoms with Gasteiger partial charge in [-0.1, -0.05) is 35.1 Å². The van der Waals surface area contributed by atoms with Crippen LogP contribution in [0, 0.1) is 6.92 Å². The summed E-state index contributed by atoms with van der Waals surface area (Å²) < 4.78 is 0. The van der Waals surface area contributed by atoms with Crippen molar-refractivity contribution in [3.8, 4) is 10.6 Å². The van der Waals surface area contributed by atoms with Crippen molar-refractivity contribution in [2.24, 2.45) is 0 Å². The van der Waals surface area contributed by atoms with Crippen molar-refractivity contribution in [2.45, 2.75) is 26.8 Å². The van der Waals surface area contributed by atoms with Crippen molar-refractivity contribution in [1.82, 2.24) is 10.2 Å². The lowest BCUT2D eigenvalue weighted by Gasteiger charge is -2.03. The van der Waals surface area contributed by atoms with Crippen molar-refractivity contribution in [2.75, 3.05) is 5.32 Å². The Kier molecular flexibility index (Phi) is 3.19. The number of anilines is 1. The molecule has 1 aromatic heterocycles. The van der Waals surface area contributed by atoms with Gasteiger partial charge in [-0.15, -0.1) is 10.2 Å². The van der Waals surface area contributed by atoms with Crippen LogP contribution in [-0.2, 0) is 0 Å². The molecule has 4 heteroatoms. The summed E-state index contributed by atoms with van der Waals surface area (Å²) in [4.78, 5) is 0. The SMILES string of the molecule is Cc1cccc(-c2nnc(NC(C)C)s2)c1. The quantitative estimate of drug-likeness (QED) is 0.883. The number of hydrogen-bond donors (Lipinski definition) is 1. The minimum atomic E-state index is 0.387. The molecule has 0 radical (unpaired) electrons. The van der Waals surface area contributed by atoms with Crippen LogP contribution in [0.2, 0.25) is 0 Å². The number of nitrogens with zero attached hydrogens (tertiary/aromatic N) is 2. The van der Waals surface area contributed by atoms with Crippen LogP contribution in [0.1, 0.15) is 19.4 Å². The predicted octanol–water partition coefficient (Wildman–Crippen LogP) is 3.33. The zero-order valence-electron chi connectivity index (χ0n) is 9.69. The van der Waals surface area contributed by atoms with Gasteiger partial charge in [0.05, 0.1) is 0 Å². The maximum absolute atomic E-state index is 4.19. The summed E-state index contributed by atoms with van der Waals surface area (Å²) in [5.41, 5.74) is 2.38. The Hall–Kier alpha value is -1.42. The molecule has 0 aliphatic rings. The first kappa shape index (κ1) is 11.1. The van der Waals surface area contributed by atoms with Crippen LogP contribution in [0.25, 0.3) is 10.6 Å². The van der Waals surface area contributed by atoms with E-state index in [2.05, 4.69) is 54.5 Å². The summed E-state index contributed by atoms with van der Waals surface area (Å²) in [6.07, 6.45) is 0. The van der Waals surface area contributed by atoms with Gasteiger partial charge >= 0.3 is 0 Å². The first-order chi connectivity index (χ1) is 7.65. The monoisotopic (exact) mass is 233 g/mol. The zero-order chi connectivity index (χ0) is 11.5. The third kappa shape index (κ3) is 2.58. The fourth-order valence-corrected chi connectivity index (χ4v) is 2.31. The second kappa shape index (κ2) is 4.61. The molecule has 0 aliphatic heterocycles. The average Bonchev–Trinajstić information content (AvgIpc) is 2.65. The molecular weight excluding hydrogens is 218 g/mol. The molecule has 1 aromatic carbocycles. The fourth-order valence-electron chi connectivity index (χ4n) is 1.42. The van der Waals surface area contributed by atoms with Gasteiger partial charge < -0.3 is 5.32 Å². The van der Waals surface area contributed by atoms with E-state index in [0.29, 0.717) is 6.04 Å². The molecule has 84 valence electrons. The van der Waals surface area contributed by atoms with Gasteiger partial charge in [-0.3, -0.25) is 0 Å². The van der Waals surface area contributed by atoms with E-state index in [-0.39, 0.29) is 0 Å². The molecule has 0 bridgehead atoms. The Balaban J connectivity index is 2.24. The molecule has 0 atom stereocenters. The molecule has 1 N–H and O–H groups in total. The smallest absolute Gasteiger partial charge is 0.206 e. The van der Waals surface area contributed by atoms with E-state index in [1.54, 1.807) is 11.3 Å². The second-order valence-electron chi connectivity index (χ2n) is 4.08. The van der Waals surface area contributed by atoms with Gasteiger partial charge in [0.2, 0.25) is 5.13 Å². The Bertz CT molecular complexity index is 477. The molecule has 2 aromatic rings. The van der Waals surface area contributed by atoms with Gasteiger partial charge in [0, 0.05) is 11.6 Å². The van der Waals surface area contributed by atoms with E-state index >= 15 is 0 Å². The minimum Gasteiger partial charge on any atom is -0.358 e. The van der Waals surface area contributed by atoms with Crippen LogP contribution in [0.15, 0.2) is 24.3 Å². The Labute approximate surface area is 99.5 Å². The highest BCUT2D eigenvalue weighted by atomic mass is 32.1. The fraction of sp³-hybridized carbons (Fsp3) is 0.333. The van der Waals surface area contributed by atoms with E-state index in [0.717, 1.165) is 15.7 Å². The normalized spacial score (nSPS) is 10.8. The van der Waals surface area contributed by atoms with Crippen LogP contribution in [-0.4, -0.2) is 16.2 Å². The number of rotatable bonds is 3. The molecule has 0 saturated carbocycles. The highest BCUT2D eigenvalue weighted by Crippen LogP contribution is 2.26. The van der Waals surface area contributed by atoms with Crippen molar-refractivity contribution in [3.05, 3.63) is 29.8 Å². The molecule has 0 unspecified atom stereocenters. The zero-order valence-corrected chi connectivity index (χ0v) is 10.5. The summed E-state index contributed by atoms with van der Waals surface area (Å²) in [6.45, 7) is 6.26. The molecule has 3 nitrogen and oxygen atoms in total. The lowest BCUT2D eigenvalue weighted by Crippen LogP contribution is -2.08. The molecule has 0 amide bonds. The van der Waals surface area contributed by atoms with Gasteiger partial charge in [-0.05, 0) is 26.8 Å². The Morgan fingerprint density at radius 2 is 2.06 bits per heavy atom. The summed E-state index contributed by atoms with van der Waals surface area (Å²) in [7, 11) is 0. The van der Waals surface area contributed by atoms with Crippen molar-refractivity contribution >= 4 is 16.5 Å². The molecule has 0 aliphatic carbocycles. The summed E-state index contributed by atoms with van der Waals surface area (Å²) in [6, 6.07) is 8.70. The summed E-state index contributed by atoms with van der Waals surface area (Å²) in [5, 5.41) is 13.4. The van der Waals surface area contributed by atoms with Crippen LogP contribution >= 0.6 is 11.3 Å². The van der Waals surface area contributed by atoms with E-state index in [1.165, 1.54) is 5.56 Å². The minimum absolute atomic E-state index is 0.387. The van der Waals surface area contributed by atoms with Crippen LogP contribution in [0.3, 0.4) is 0 Å². The van der Waals surface area contributed by atoms with Crippen molar-refractivity contribution in [3.63, 3.8) is 0 Å². The highest BCUT2D eigenvalue weighted by molar-refractivity contribution is 7.18. The number of benzene rings is 1. The topological polar surface area (TPSA) is 37.8 Å². The molecule has 0 fully saturated rings. The van der Waals surface area contributed by atoms with Gasteiger partial charge in [0.15, 0.2) is 0 Å². The number of aryl methyl sites for hydroxylation is 1. The maximum Gasteiger partial charge on any atom is 0.206 e. The molecular formula is C12H15N3S. The molecule has 1 heterocycles. The standard InChI is InChI=1S/C12H15N3S/c1-8(2)13-12-15-14-11(16-12)10-6-4-5-9(3)7-10/h4-8H,1-3H3,(H,13,15). The van der Waals surface area contributed by atoms with Gasteiger partial charge in [0.25, 0.3) is 0 Å². The molecule has 16 heavy (non-hydrogen) atoms. The number of nitrogens with one attached hydrogen (secondary N) is 1. The van der Waals surface area contributed by atoms with Gasteiger partial charge in [-0.2, -0.15) is 0 Å².